The summed E-state index contributed by atoms with van der Waals surface area (Å²) in [5.74, 6) is -1.97. The molecule has 1 aromatic carbocycles. The fourth-order valence-corrected chi connectivity index (χ4v) is 2.56. The van der Waals surface area contributed by atoms with Gasteiger partial charge in [-0.1, -0.05) is 6.07 Å². The number of anilines is 1. The Hall–Kier alpha value is -2.15. The minimum absolute atomic E-state index is 0.0142. The van der Waals surface area contributed by atoms with Crippen LogP contribution in [0.25, 0.3) is 11.0 Å². The van der Waals surface area contributed by atoms with Crippen LogP contribution in [0.3, 0.4) is 0 Å². The van der Waals surface area contributed by atoms with Crippen LogP contribution in [0.4, 0.5) is 14.6 Å². The molecule has 20 heavy (non-hydrogen) atoms. The van der Waals surface area contributed by atoms with Crippen molar-refractivity contribution in [3.8, 4) is 0 Å². The summed E-state index contributed by atoms with van der Waals surface area (Å²) in [6, 6.07) is 6.47. The molecule has 0 saturated heterocycles. The number of hydrogen-bond acceptors (Lipinski definition) is 4. The van der Waals surface area contributed by atoms with E-state index in [9.17, 15) is 8.78 Å². The van der Waals surface area contributed by atoms with Gasteiger partial charge in [-0.2, -0.15) is 0 Å². The van der Waals surface area contributed by atoms with E-state index < -0.39 is 11.6 Å². The molecule has 0 fully saturated rings. The van der Waals surface area contributed by atoms with E-state index in [4.69, 9.17) is 5.73 Å². The highest BCUT2D eigenvalue weighted by molar-refractivity contribution is 7.99. The van der Waals surface area contributed by atoms with Gasteiger partial charge in [0.15, 0.2) is 22.6 Å². The van der Waals surface area contributed by atoms with E-state index in [1.807, 2.05) is 25.1 Å². The zero-order valence-corrected chi connectivity index (χ0v) is 11.3. The molecule has 0 spiro atoms. The van der Waals surface area contributed by atoms with Crippen molar-refractivity contribution in [3.63, 3.8) is 0 Å². The summed E-state index contributed by atoms with van der Waals surface area (Å²) in [6.07, 6.45) is 0. The van der Waals surface area contributed by atoms with Crippen LogP contribution < -0.4 is 5.73 Å². The number of imidazole rings is 1. The molecule has 4 nitrogen and oxygen atoms in total. The summed E-state index contributed by atoms with van der Waals surface area (Å²) >= 11 is 0.969. The molecular formula is C13H10F2N4S. The number of pyridine rings is 1. The molecule has 0 aliphatic carbocycles. The highest BCUT2D eigenvalue weighted by atomic mass is 32.2. The van der Waals surface area contributed by atoms with Gasteiger partial charge in [0.1, 0.15) is 5.03 Å². The predicted octanol–water partition coefficient (Wildman–Crippen LogP) is 3.28. The molecule has 0 aliphatic heterocycles. The Morgan fingerprint density at radius 1 is 1.15 bits per heavy atom. The van der Waals surface area contributed by atoms with Crippen LogP contribution in [-0.2, 0) is 0 Å². The number of nitrogens with zero attached hydrogens (tertiary/aromatic N) is 2. The molecule has 0 bridgehead atoms. The van der Waals surface area contributed by atoms with Gasteiger partial charge in [0.25, 0.3) is 0 Å². The quantitative estimate of drug-likeness (QED) is 0.760. The minimum Gasteiger partial charge on any atom is -0.381 e. The first-order valence-corrected chi connectivity index (χ1v) is 6.60. The summed E-state index contributed by atoms with van der Waals surface area (Å²) in [5, 5.41) is 0.461. The number of aryl methyl sites for hydroxylation is 1. The van der Waals surface area contributed by atoms with E-state index in [0.29, 0.717) is 5.16 Å². The van der Waals surface area contributed by atoms with Crippen LogP contribution in [-0.4, -0.2) is 15.0 Å². The average Bonchev–Trinajstić information content (AvgIpc) is 2.77. The number of nitrogens with one attached hydrogen (secondary N) is 1. The zero-order valence-electron chi connectivity index (χ0n) is 10.4. The van der Waals surface area contributed by atoms with Crippen LogP contribution >= 0.6 is 11.8 Å². The predicted molar refractivity (Wildman–Crippen MR) is 73.5 cm³/mol. The minimum atomic E-state index is -0.868. The second-order valence-electron chi connectivity index (χ2n) is 4.31. The maximum absolute atomic E-state index is 13.6. The zero-order chi connectivity index (χ0) is 14.3. The van der Waals surface area contributed by atoms with Crippen molar-refractivity contribution in [1.82, 2.24) is 15.0 Å². The molecule has 0 radical (unpaired) electrons. The van der Waals surface area contributed by atoms with E-state index in [1.54, 1.807) is 0 Å². The number of halogens is 2. The Kier molecular flexibility index (Phi) is 3.06. The summed E-state index contributed by atoms with van der Waals surface area (Å²) in [4.78, 5) is 11.1. The number of aromatic nitrogens is 3. The number of nitrogen functional groups attached to an aromatic ring is 1. The lowest BCUT2D eigenvalue weighted by Crippen LogP contribution is -1.98. The molecule has 102 valence electrons. The molecule has 0 unspecified atom stereocenters. The molecule has 2 aromatic heterocycles. The third-order valence-electron chi connectivity index (χ3n) is 2.73. The van der Waals surface area contributed by atoms with Crippen molar-refractivity contribution >= 4 is 28.6 Å². The second kappa shape index (κ2) is 4.75. The number of hydrogen-bond donors (Lipinski definition) is 2. The van der Waals surface area contributed by atoms with Crippen LogP contribution in [0.2, 0.25) is 0 Å². The van der Waals surface area contributed by atoms with Gasteiger partial charge in [0, 0.05) is 6.07 Å². The summed E-state index contributed by atoms with van der Waals surface area (Å²) < 4.78 is 26.7. The Morgan fingerprint density at radius 3 is 2.75 bits per heavy atom. The molecular weight excluding hydrogens is 282 g/mol. The number of H-pyrrole nitrogens is 1. The highest BCUT2D eigenvalue weighted by Crippen LogP contribution is 2.29. The lowest BCUT2D eigenvalue weighted by Gasteiger charge is -2.01. The van der Waals surface area contributed by atoms with E-state index in [-0.39, 0.29) is 10.8 Å². The van der Waals surface area contributed by atoms with Crippen molar-refractivity contribution < 1.29 is 8.78 Å². The number of fused-ring (bicyclic) bond motifs is 1. The van der Waals surface area contributed by atoms with Gasteiger partial charge in [-0.3, -0.25) is 0 Å². The lowest BCUT2D eigenvalue weighted by molar-refractivity contribution is 0.552. The van der Waals surface area contributed by atoms with Gasteiger partial charge in [0.2, 0.25) is 0 Å². The van der Waals surface area contributed by atoms with Gasteiger partial charge in [-0.05, 0) is 36.4 Å². The molecule has 0 amide bonds. The van der Waals surface area contributed by atoms with Crippen molar-refractivity contribution in [2.24, 2.45) is 0 Å². The molecule has 3 rings (SSSR count). The Labute approximate surface area is 117 Å². The molecule has 7 heteroatoms. The Bertz CT molecular complexity index is 800. The maximum Gasteiger partial charge on any atom is 0.172 e. The van der Waals surface area contributed by atoms with Gasteiger partial charge in [-0.25, -0.2) is 18.7 Å². The van der Waals surface area contributed by atoms with Crippen LogP contribution in [0.15, 0.2) is 34.4 Å². The van der Waals surface area contributed by atoms with Gasteiger partial charge in [0.05, 0.1) is 11.0 Å². The second-order valence-corrected chi connectivity index (χ2v) is 5.28. The number of benzene rings is 1. The summed E-state index contributed by atoms with van der Waals surface area (Å²) in [6.45, 7) is 1.97. The average molecular weight is 292 g/mol. The van der Waals surface area contributed by atoms with Crippen LogP contribution in [0, 0.1) is 18.6 Å². The molecule has 0 saturated carbocycles. The third-order valence-corrected chi connectivity index (χ3v) is 3.60. The van der Waals surface area contributed by atoms with Crippen molar-refractivity contribution in [1.29, 1.82) is 0 Å². The molecule has 0 aliphatic rings. The van der Waals surface area contributed by atoms with Crippen molar-refractivity contribution in [3.05, 3.63) is 41.5 Å². The van der Waals surface area contributed by atoms with Gasteiger partial charge >= 0.3 is 0 Å². The largest absolute Gasteiger partial charge is 0.381 e. The van der Waals surface area contributed by atoms with Gasteiger partial charge in [-0.15, -0.1) is 0 Å². The molecule has 0 atom stereocenters. The first-order valence-electron chi connectivity index (χ1n) is 5.78. The van der Waals surface area contributed by atoms with Gasteiger partial charge < -0.3 is 10.7 Å². The maximum atomic E-state index is 13.6. The van der Waals surface area contributed by atoms with Crippen LogP contribution in [0.5, 0.6) is 0 Å². The first-order chi connectivity index (χ1) is 9.52. The molecule has 3 N–H and O–H groups in total. The Morgan fingerprint density at radius 2 is 1.95 bits per heavy atom. The number of nitrogens with two attached hydrogens (primary N) is 1. The lowest BCUT2D eigenvalue weighted by atomic mass is 10.2. The fraction of sp³-hybridized carbons (Fsp3) is 0.0769. The molecule has 2 heterocycles. The topological polar surface area (TPSA) is 67.6 Å². The standard InChI is InChI=1S/C13H10F2N4S/c1-6-2-3-9-10(4-6)18-13(17-9)20-12-8(15)5-7(14)11(16)19-12/h2-5H,1H3,(H2,16,19)(H,17,18). The third kappa shape index (κ3) is 2.32. The monoisotopic (exact) mass is 292 g/mol. The van der Waals surface area contributed by atoms with E-state index in [2.05, 4.69) is 15.0 Å². The SMILES string of the molecule is Cc1ccc2nc(Sc3nc(N)c(F)cc3F)[nH]c2c1. The van der Waals surface area contributed by atoms with E-state index >= 15 is 0 Å². The Balaban J connectivity index is 1.99. The summed E-state index contributed by atoms with van der Waals surface area (Å²) in [7, 11) is 0. The molecule has 3 aromatic rings. The first kappa shape index (κ1) is 12.9. The van der Waals surface area contributed by atoms with E-state index in [0.717, 1.165) is 34.4 Å². The number of aromatic amines is 1. The van der Waals surface area contributed by atoms with Crippen molar-refractivity contribution in [2.45, 2.75) is 17.1 Å². The van der Waals surface area contributed by atoms with Crippen molar-refractivity contribution in [2.75, 3.05) is 5.73 Å². The highest BCUT2D eigenvalue weighted by Gasteiger charge is 2.13. The fourth-order valence-electron chi connectivity index (χ4n) is 1.77. The summed E-state index contributed by atoms with van der Waals surface area (Å²) in [5.41, 5.74) is 8.05. The van der Waals surface area contributed by atoms with Crippen LogP contribution in [0.1, 0.15) is 5.56 Å². The smallest absolute Gasteiger partial charge is 0.172 e. The van der Waals surface area contributed by atoms with E-state index in [1.165, 1.54) is 0 Å². The number of rotatable bonds is 2. The normalized spacial score (nSPS) is 11.2.